The van der Waals surface area contributed by atoms with Gasteiger partial charge in [0.1, 0.15) is 0 Å². The number of carbonyl (C=O) groups excluding carboxylic acids is 1. The lowest BCUT2D eigenvalue weighted by Gasteiger charge is -2.15. The summed E-state index contributed by atoms with van der Waals surface area (Å²) in [4.78, 5) is 21.1. The maximum absolute atomic E-state index is 13.8. The molecule has 0 unspecified atom stereocenters. The molecule has 0 bridgehead atoms. The second-order valence-electron chi connectivity index (χ2n) is 9.68. The Morgan fingerprint density at radius 2 is 1.62 bits per heavy atom. The van der Waals surface area contributed by atoms with Crippen LogP contribution in [-0.4, -0.2) is 20.5 Å². The molecular weight excluding hydrogens is 557 g/mol. The van der Waals surface area contributed by atoms with Crippen LogP contribution in [0.1, 0.15) is 22.3 Å². The Kier molecular flexibility index (Phi) is 7.53. The van der Waals surface area contributed by atoms with Crippen LogP contribution in [0.5, 0.6) is 0 Å². The lowest BCUT2D eigenvalue weighted by atomic mass is 10.1. The fraction of sp³-hybridized carbons (Fsp3) is 0.0909. The van der Waals surface area contributed by atoms with E-state index in [1.54, 1.807) is 11.0 Å². The van der Waals surface area contributed by atoms with Crippen LogP contribution in [0.25, 0.3) is 17.0 Å². The molecule has 1 amide bonds. The minimum Gasteiger partial charge on any atom is -0.342 e. The molecule has 7 heteroatoms. The number of amides is 1. The number of hydrogen-bond acceptors (Lipinski definition) is 3. The highest BCUT2D eigenvalue weighted by atomic mass is 35.5. The minimum atomic E-state index is -0.0581. The summed E-state index contributed by atoms with van der Waals surface area (Å²) >= 11 is 14.0. The highest BCUT2D eigenvalue weighted by Gasteiger charge is 2.33. The fourth-order valence-corrected chi connectivity index (χ4v) is 6.18. The number of aryl methyl sites for hydroxylation is 1. The van der Waals surface area contributed by atoms with E-state index in [1.807, 2.05) is 91.9 Å². The average molecular weight is 583 g/mol. The lowest BCUT2D eigenvalue weighted by Crippen LogP contribution is -2.28. The zero-order chi connectivity index (χ0) is 27.6. The highest BCUT2D eigenvalue weighted by Crippen LogP contribution is 2.37. The van der Waals surface area contributed by atoms with E-state index in [4.69, 9.17) is 28.2 Å². The van der Waals surface area contributed by atoms with Gasteiger partial charge < -0.3 is 4.57 Å². The first-order chi connectivity index (χ1) is 19.4. The molecule has 198 valence electrons. The molecule has 5 aromatic rings. The van der Waals surface area contributed by atoms with E-state index in [1.165, 1.54) is 11.8 Å². The van der Waals surface area contributed by atoms with E-state index in [0.29, 0.717) is 33.2 Å². The first-order valence-electron chi connectivity index (χ1n) is 12.9. The Morgan fingerprint density at radius 1 is 0.875 bits per heavy atom. The molecule has 1 fully saturated rings. The van der Waals surface area contributed by atoms with Crippen molar-refractivity contribution in [3.63, 3.8) is 0 Å². The molecule has 1 aliphatic heterocycles. The van der Waals surface area contributed by atoms with Crippen molar-refractivity contribution < 1.29 is 4.79 Å². The standard InChI is InChI=1S/C33H25Cl2N3OS/c1-22-11-15-27(16-12-22)36-33-38(19-23-7-3-2-4-8-23)32(39)31(40-33)17-25-21-37(30-10-6-5-9-28(25)30)20-24-13-14-26(34)18-29(24)35/h2-18,21H,19-20H2,1H3/b31-17+,36-33?. The van der Waals surface area contributed by atoms with Crippen molar-refractivity contribution in [1.82, 2.24) is 9.47 Å². The van der Waals surface area contributed by atoms with Gasteiger partial charge in [-0.05, 0) is 66.2 Å². The summed E-state index contributed by atoms with van der Waals surface area (Å²) in [5, 5.41) is 2.96. The quantitative estimate of drug-likeness (QED) is 0.187. The van der Waals surface area contributed by atoms with Gasteiger partial charge in [-0.1, -0.05) is 95.5 Å². The number of halogens is 2. The third-order valence-electron chi connectivity index (χ3n) is 6.79. The minimum absolute atomic E-state index is 0.0581. The van der Waals surface area contributed by atoms with Crippen molar-refractivity contribution in [1.29, 1.82) is 0 Å². The molecule has 4 aromatic carbocycles. The van der Waals surface area contributed by atoms with Gasteiger partial charge in [0.15, 0.2) is 5.17 Å². The van der Waals surface area contributed by atoms with Crippen molar-refractivity contribution in [3.05, 3.63) is 140 Å². The summed E-state index contributed by atoms with van der Waals surface area (Å²) in [6.45, 7) is 3.08. The third-order valence-corrected chi connectivity index (χ3v) is 8.39. The molecular formula is C33H25Cl2N3OS. The number of hydrogen-bond donors (Lipinski definition) is 0. The van der Waals surface area contributed by atoms with Crippen molar-refractivity contribution in [2.75, 3.05) is 0 Å². The topological polar surface area (TPSA) is 37.6 Å². The van der Waals surface area contributed by atoms with E-state index in [0.717, 1.165) is 38.8 Å². The number of carbonyl (C=O) groups is 1. The van der Waals surface area contributed by atoms with Gasteiger partial charge in [0, 0.05) is 39.3 Å². The maximum Gasteiger partial charge on any atom is 0.267 e. The van der Waals surface area contributed by atoms with Gasteiger partial charge in [-0.25, -0.2) is 4.99 Å². The average Bonchev–Trinajstić information content (AvgIpc) is 3.44. The number of aromatic nitrogens is 1. The molecule has 4 nitrogen and oxygen atoms in total. The van der Waals surface area contributed by atoms with Gasteiger partial charge in [0.25, 0.3) is 5.91 Å². The lowest BCUT2D eigenvalue weighted by molar-refractivity contribution is -0.122. The van der Waals surface area contributed by atoms with Crippen molar-refractivity contribution in [3.8, 4) is 0 Å². The number of aliphatic imine (C=N–C) groups is 1. The zero-order valence-electron chi connectivity index (χ0n) is 21.7. The third kappa shape index (κ3) is 5.59. The van der Waals surface area contributed by atoms with Crippen LogP contribution in [0.2, 0.25) is 10.0 Å². The van der Waals surface area contributed by atoms with E-state index >= 15 is 0 Å². The van der Waals surface area contributed by atoms with Crippen molar-refractivity contribution in [2.45, 2.75) is 20.0 Å². The number of amidine groups is 1. The van der Waals surface area contributed by atoms with E-state index < -0.39 is 0 Å². The number of fused-ring (bicyclic) bond motifs is 1. The second-order valence-corrected chi connectivity index (χ2v) is 11.5. The summed E-state index contributed by atoms with van der Waals surface area (Å²) < 4.78 is 2.16. The molecule has 0 atom stereocenters. The Balaban J connectivity index is 1.38. The first-order valence-corrected chi connectivity index (χ1v) is 14.4. The highest BCUT2D eigenvalue weighted by molar-refractivity contribution is 8.18. The van der Waals surface area contributed by atoms with E-state index in [9.17, 15) is 4.79 Å². The molecule has 0 N–H and O–H groups in total. The van der Waals surface area contributed by atoms with Crippen LogP contribution in [0.4, 0.5) is 5.69 Å². The smallest absolute Gasteiger partial charge is 0.267 e. The van der Waals surface area contributed by atoms with E-state index in [-0.39, 0.29) is 5.91 Å². The van der Waals surface area contributed by atoms with Crippen LogP contribution in [0.15, 0.2) is 113 Å². The molecule has 40 heavy (non-hydrogen) atoms. The number of benzene rings is 4. The van der Waals surface area contributed by atoms with E-state index in [2.05, 4.69) is 22.9 Å². The SMILES string of the molecule is Cc1ccc(N=C2S/C(=C/c3cn(Cc4ccc(Cl)cc4Cl)c4ccccc34)C(=O)N2Cc2ccccc2)cc1. The molecule has 0 aliphatic carbocycles. The Morgan fingerprint density at radius 3 is 2.40 bits per heavy atom. The largest absolute Gasteiger partial charge is 0.342 e. The van der Waals surface area contributed by atoms with Gasteiger partial charge >= 0.3 is 0 Å². The summed E-state index contributed by atoms with van der Waals surface area (Å²) in [5.74, 6) is -0.0581. The van der Waals surface area contributed by atoms with Crippen LogP contribution in [-0.2, 0) is 17.9 Å². The Hall–Kier alpha value is -3.77. The molecule has 1 aliphatic rings. The molecule has 6 rings (SSSR count). The fourth-order valence-electron chi connectivity index (χ4n) is 4.72. The predicted octanol–water partition coefficient (Wildman–Crippen LogP) is 9.11. The van der Waals surface area contributed by atoms with Gasteiger partial charge in [-0.2, -0.15) is 0 Å². The molecule has 0 spiro atoms. The van der Waals surface area contributed by atoms with Crippen molar-refractivity contribution in [2.24, 2.45) is 4.99 Å². The Labute approximate surface area is 247 Å². The van der Waals surface area contributed by atoms with Crippen LogP contribution >= 0.6 is 35.0 Å². The molecule has 0 saturated carbocycles. The maximum atomic E-state index is 13.8. The van der Waals surface area contributed by atoms with Crippen LogP contribution in [0, 0.1) is 6.92 Å². The summed E-state index contributed by atoms with van der Waals surface area (Å²) in [6.07, 6.45) is 4.05. The van der Waals surface area contributed by atoms with Gasteiger partial charge in [0.05, 0.1) is 17.1 Å². The second kappa shape index (κ2) is 11.4. The number of rotatable bonds is 6. The molecule has 1 saturated heterocycles. The summed E-state index contributed by atoms with van der Waals surface area (Å²) in [5.41, 5.74) is 6.02. The Bertz CT molecular complexity index is 1780. The summed E-state index contributed by atoms with van der Waals surface area (Å²) in [6, 6.07) is 31.8. The number of nitrogens with zero attached hydrogens (tertiary/aromatic N) is 3. The van der Waals surface area contributed by atoms with Gasteiger partial charge in [-0.3, -0.25) is 9.69 Å². The van der Waals surface area contributed by atoms with Crippen LogP contribution < -0.4 is 0 Å². The molecule has 2 heterocycles. The number of para-hydroxylation sites is 1. The van der Waals surface area contributed by atoms with Gasteiger partial charge in [-0.15, -0.1) is 0 Å². The monoisotopic (exact) mass is 581 g/mol. The molecule has 1 aromatic heterocycles. The first kappa shape index (κ1) is 26.5. The normalized spacial score (nSPS) is 15.6. The summed E-state index contributed by atoms with van der Waals surface area (Å²) in [7, 11) is 0. The zero-order valence-corrected chi connectivity index (χ0v) is 24.0. The predicted molar refractivity (Wildman–Crippen MR) is 168 cm³/mol. The molecule has 0 radical (unpaired) electrons. The van der Waals surface area contributed by atoms with Crippen LogP contribution in [0.3, 0.4) is 0 Å². The van der Waals surface area contributed by atoms with Gasteiger partial charge in [0.2, 0.25) is 0 Å². The number of thioether (sulfide) groups is 1. The van der Waals surface area contributed by atoms with Crippen molar-refractivity contribution >= 4 is 68.7 Å².